The van der Waals surface area contributed by atoms with E-state index in [1.165, 1.54) is 12.4 Å². The van der Waals surface area contributed by atoms with Crippen molar-refractivity contribution in [2.75, 3.05) is 6.54 Å². The van der Waals surface area contributed by atoms with Gasteiger partial charge in [-0.3, -0.25) is 4.79 Å². The summed E-state index contributed by atoms with van der Waals surface area (Å²) >= 11 is 0. The Labute approximate surface area is 64.5 Å². The second-order valence-corrected chi connectivity index (χ2v) is 2.09. The lowest BCUT2D eigenvalue weighted by atomic mass is 10.3. The summed E-state index contributed by atoms with van der Waals surface area (Å²) in [7, 11) is 0. The van der Waals surface area contributed by atoms with Gasteiger partial charge in [0.2, 0.25) is 0 Å². The third kappa shape index (κ3) is 2.09. The van der Waals surface area contributed by atoms with Crippen LogP contribution in [-0.2, 0) is 6.42 Å². The first-order valence-corrected chi connectivity index (χ1v) is 3.33. The molecule has 0 atom stereocenters. The van der Waals surface area contributed by atoms with Crippen molar-refractivity contribution in [3.8, 4) is 0 Å². The molecule has 0 unspecified atom stereocenters. The minimum Gasteiger partial charge on any atom is -0.330 e. The van der Waals surface area contributed by atoms with E-state index in [9.17, 15) is 4.79 Å². The Balaban J connectivity index is 2.74. The van der Waals surface area contributed by atoms with Crippen LogP contribution in [0.2, 0.25) is 0 Å². The molecule has 11 heavy (non-hydrogen) atoms. The summed E-state index contributed by atoms with van der Waals surface area (Å²) in [6.45, 7) is 0.528. The number of aldehydes is 1. The van der Waals surface area contributed by atoms with E-state index in [0.29, 0.717) is 30.6 Å². The minimum atomic E-state index is 0.491. The maximum absolute atomic E-state index is 10.2. The molecule has 0 spiro atoms. The van der Waals surface area contributed by atoms with Crippen LogP contribution in [-0.4, -0.2) is 22.8 Å². The Morgan fingerprint density at radius 1 is 1.45 bits per heavy atom. The number of carbonyl (C=O) groups excluding carboxylic acids is 1. The number of nitrogens with zero attached hydrogens (tertiary/aromatic N) is 2. The highest BCUT2D eigenvalue weighted by Gasteiger charge is 1.94. The van der Waals surface area contributed by atoms with Crippen molar-refractivity contribution in [2.45, 2.75) is 6.42 Å². The topological polar surface area (TPSA) is 68.9 Å². The van der Waals surface area contributed by atoms with E-state index in [0.717, 1.165) is 0 Å². The molecule has 0 aliphatic carbocycles. The zero-order chi connectivity index (χ0) is 8.10. The molecule has 0 radical (unpaired) electrons. The van der Waals surface area contributed by atoms with Gasteiger partial charge in [-0.05, 0) is 6.54 Å². The Morgan fingerprint density at radius 3 is 2.55 bits per heavy atom. The van der Waals surface area contributed by atoms with Crippen LogP contribution in [0.4, 0.5) is 0 Å². The molecule has 58 valence electrons. The zero-order valence-corrected chi connectivity index (χ0v) is 6.03. The summed E-state index contributed by atoms with van der Waals surface area (Å²) in [5, 5.41) is 0. The van der Waals surface area contributed by atoms with Gasteiger partial charge >= 0.3 is 0 Å². The Morgan fingerprint density at radius 2 is 2.09 bits per heavy atom. The predicted octanol–water partition coefficient (Wildman–Crippen LogP) is -0.210. The third-order valence-electron chi connectivity index (χ3n) is 1.23. The summed E-state index contributed by atoms with van der Waals surface area (Å²) in [4.78, 5) is 18.0. The van der Waals surface area contributed by atoms with Gasteiger partial charge in [0.05, 0.1) is 5.56 Å². The van der Waals surface area contributed by atoms with Crippen LogP contribution in [0.5, 0.6) is 0 Å². The van der Waals surface area contributed by atoms with E-state index in [2.05, 4.69) is 9.97 Å². The lowest BCUT2D eigenvalue weighted by Gasteiger charge is -1.94. The van der Waals surface area contributed by atoms with Gasteiger partial charge in [-0.25, -0.2) is 9.97 Å². The molecule has 0 saturated carbocycles. The van der Waals surface area contributed by atoms with Gasteiger partial charge in [0.1, 0.15) is 5.82 Å². The first-order valence-electron chi connectivity index (χ1n) is 3.33. The predicted molar refractivity (Wildman–Crippen MR) is 40.2 cm³/mol. The monoisotopic (exact) mass is 151 g/mol. The summed E-state index contributed by atoms with van der Waals surface area (Å²) in [5.74, 6) is 0.679. The number of hydrogen-bond acceptors (Lipinski definition) is 4. The molecule has 0 aliphatic rings. The number of carbonyl (C=O) groups is 1. The molecule has 0 fully saturated rings. The van der Waals surface area contributed by atoms with Crippen molar-refractivity contribution < 1.29 is 4.79 Å². The summed E-state index contributed by atoms with van der Waals surface area (Å²) in [6.07, 6.45) is 4.35. The quantitative estimate of drug-likeness (QED) is 0.607. The number of rotatable bonds is 3. The van der Waals surface area contributed by atoms with Crippen LogP contribution < -0.4 is 5.73 Å². The molecule has 1 rings (SSSR count). The van der Waals surface area contributed by atoms with Gasteiger partial charge in [0.15, 0.2) is 6.29 Å². The van der Waals surface area contributed by atoms with Gasteiger partial charge in [-0.2, -0.15) is 0 Å². The SMILES string of the molecule is NCCc1ncc(C=O)cn1. The lowest BCUT2D eigenvalue weighted by Crippen LogP contribution is -2.06. The Hall–Kier alpha value is -1.29. The third-order valence-corrected chi connectivity index (χ3v) is 1.23. The molecule has 0 amide bonds. The van der Waals surface area contributed by atoms with Crippen LogP contribution >= 0.6 is 0 Å². The highest BCUT2D eigenvalue weighted by Crippen LogP contribution is 1.92. The summed E-state index contributed by atoms with van der Waals surface area (Å²) < 4.78 is 0. The van der Waals surface area contributed by atoms with Crippen molar-refractivity contribution in [1.82, 2.24) is 9.97 Å². The maximum Gasteiger partial charge on any atom is 0.153 e. The van der Waals surface area contributed by atoms with Crippen LogP contribution in [0.25, 0.3) is 0 Å². The smallest absolute Gasteiger partial charge is 0.153 e. The van der Waals surface area contributed by atoms with Crippen molar-refractivity contribution in [2.24, 2.45) is 5.73 Å². The molecule has 0 aromatic carbocycles. The van der Waals surface area contributed by atoms with Gasteiger partial charge in [-0.15, -0.1) is 0 Å². The van der Waals surface area contributed by atoms with Gasteiger partial charge < -0.3 is 5.73 Å². The van der Waals surface area contributed by atoms with Crippen LogP contribution in [0.15, 0.2) is 12.4 Å². The Kier molecular flexibility index (Phi) is 2.68. The minimum absolute atomic E-state index is 0.491. The molecule has 1 aromatic rings. The van der Waals surface area contributed by atoms with E-state index >= 15 is 0 Å². The van der Waals surface area contributed by atoms with Crippen LogP contribution in [0.1, 0.15) is 16.2 Å². The summed E-state index contributed by atoms with van der Waals surface area (Å²) in [5.41, 5.74) is 5.77. The molecule has 0 saturated heterocycles. The molecule has 1 heterocycles. The maximum atomic E-state index is 10.2. The van der Waals surface area contributed by atoms with E-state index < -0.39 is 0 Å². The molecule has 2 N–H and O–H groups in total. The average Bonchev–Trinajstić information content (AvgIpc) is 2.07. The molecule has 0 bridgehead atoms. The number of nitrogens with two attached hydrogens (primary N) is 1. The number of aromatic nitrogens is 2. The zero-order valence-electron chi connectivity index (χ0n) is 6.03. The normalized spacial score (nSPS) is 9.55. The van der Waals surface area contributed by atoms with E-state index in [4.69, 9.17) is 5.73 Å². The molecule has 0 aliphatic heterocycles. The molecular formula is C7H9N3O. The molecular weight excluding hydrogens is 142 g/mol. The second-order valence-electron chi connectivity index (χ2n) is 2.09. The van der Waals surface area contributed by atoms with E-state index in [-0.39, 0.29) is 0 Å². The Bertz CT molecular complexity index is 232. The van der Waals surface area contributed by atoms with E-state index in [1.54, 1.807) is 0 Å². The fourth-order valence-corrected chi connectivity index (χ4v) is 0.684. The van der Waals surface area contributed by atoms with Gasteiger partial charge in [0.25, 0.3) is 0 Å². The fraction of sp³-hybridized carbons (Fsp3) is 0.286. The first-order chi connectivity index (χ1) is 5.36. The van der Waals surface area contributed by atoms with Crippen molar-refractivity contribution in [3.05, 3.63) is 23.8 Å². The van der Waals surface area contributed by atoms with Gasteiger partial charge in [0, 0.05) is 18.8 Å². The average molecular weight is 151 g/mol. The molecule has 1 aromatic heterocycles. The molecule has 4 heteroatoms. The summed E-state index contributed by atoms with van der Waals surface area (Å²) in [6, 6.07) is 0. The van der Waals surface area contributed by atoms with Crippen LogP contribution in [0, 0.1) is 0 Å². The lowest BCUT2D eigenvalue weighted by molar-refractivity contribution is 0.112. The highest BCUT2D eigenvalue weighted by molar-refractivity contribution is 5.73. The van der Waals surface area contributed by atoms with Gasteiger partial charge in [-0.1, -0.05) is 0 Å². The van der Waals surface area contributed by atoms with Crippen molar-refractivity contribution >= 4 is 6.29 Å². The number of hydrogen-bond donors (Lipinski definition) is 1. The van der Waals surface area contributed by atoms with E-state index in [1.807, 2.05) is 0 Å². The fourth-order valence-electron chi connectivity index (χ4n) is 0.684. The standard InChI is InChI=1S/C7H9N3O/c8-2-1-7-9-3-6(5-11)4-10-7/h3-5H,1-2,8H2. The van der Waals surface area contributed by atoms with Crippen molar-refractivity contribution in [3.63, 3.8) is 0 Å². The van der Waals surface area contributed by atoms with Crippen LogP contribution in [0.3, 0.4) is 0 Å². The molecule has 4 nitrogen and oxygen atoms in total. The van der Waals surface area contributed by atoms with Crippen molar-refractivity contribution in [1.29, 1.82) is 0 Å². The highest BCUT2D eigenvalue weighted by atomic mass is 16.1. The second kappa shape index (κ2) is 3.78. The largest absolute Gasteiger partial charge is 0.330 e. The first kappa shape index (κ1) is 7.81.